The summed E-state index contributed by atoms with van der Waals surface area (Å²) in [6.07, 6.45) is 2.74. The Morgan fingerprint density at radius 3 is 2.75 bits per heavy atom. The van der Waals surface area contributed by atoms with Crippen molar-refractivity contribution in [2.75, 3.05) is 13.7 Å². The predicted molar refractivity (Wildman–Crippen MR) is 45.0 cm³/mol. The molecule has 0 aromatic heterocycles. The van der Waals surface area contributed by atoms with Crippen molar-refractivity contribution in [3.8, 4) is 0 Å². The Hall–Kier alpha value is -1.03. The van der Waals surface area contributed by atoms with Crippen LogP contribution in [-0.4, -0.2) is 24.6 Å². The van der Waals surface area contributed by atoms with Crippen LogP contribution in [-0.2, 0) is 4.74 Å². The molecule has 1 unspecified atom stereocenters. The molecule has 0 saturated heterocycles. The third kappa shape index (κ3) is 3.98. The number of hydrogen-bond acceptors (Lipinski definition) is 3. The molecule has 4 heteroatoms. The molecule has 0 rings (SSSR count). The van der Waals surface area contributed by atoms with Crippen molar-refractivity contribution in [2.24, 2.45) is 0 Å². The van der Waals surface area contributed by atoms with E-state index in [0.29, 0.717) is 5.76 Å². The van der Waals surface area contributed by atoms with Crippen LogP contribution in [0.3, 0.4) is 0 Å². The number of alkyl halides is 1. The Morgan fingerprint density at radius 1 is 1.83 bits per heavy atom. The highest BCUT2D eigenvalue weighted by molar-refractivity contribution is 5.07. The van der Waals surface area contributed by atoms with Crippen molar-refractivity contribution < 1.29 is 14.2 Å². The zero-order chi connectivity index (χ0) is 9.61. The highest BCUT2D eigenvalue weighted by Crippen LogP contribution is 2.04. The third-order valence-corrected chi connectivity index (χ3v) is 1.25. The van der Waals surface area contributed by atoms with E-state index in [9.17, 15) is 4.39 Å². The van der Waals surface area contributed by atoms with Crippen LogP contribution in [0.5, 0.6) is 0 Å². The van der Waals surface area contributed by atoms with Gasteiger partial charge >= 0.3 is 0 Å². The molecule has 0 aliphatic carbocycles. The minimum Gasteiger partial charge on any atom is -0.495 e. The van der Waals surface area contributed by atoms with Gasteiger partial charge in [-0.05, 0) is 13.0 Å². The standard InChI is InChI=1S/C8H14FNO2/c1-4-7(12-3)5-10-8(2,9)6-11/h4-5,10-11H,1,6H2,2-3H3/b7-5+. The molecule has 0 aromatic carbocycles. The molecule has 0 heterocycles. The second kappa shape index (κ2) is 4.77. The summed E-state index contributed by atoms with van der Waals surface area (Å²) in [7, 11) is 1.45. The first-order valence-electron chi connectivity index (χ1n) is 3.50. The third-order valence-electron chi connectivity index (χ3n) is 1.25. The molecule has 2 N–H and O–H groups in total. The SMILES string of the molecule is C=C/C(=C\NC(C)(F)CO)OC. The van der Waals surface area contributed by atoms with Gasteiger partial charge in [-0.1, -0.05) is 6.58 Å². The van der Waals surface area contributed by atoms with E-state index in [0.717, 1.165) is 0 Å². The maximum Gasteiger partial charge on any atom is 0.200 e. The fourth-order valence-electron chi connectivity index (χ4n) is 0.468. The molecule has 0 aromatic rings. The Kier molecular flexibility index (Phi) is 4.36. The molecule has 0 spiro atoms. The minimum absolute atomic E-state index is 0.410. The van der Waals surface area contributed by atoms with E-state index >= 15 is 0 Å². The zero-order valence-corrected chi connectivity index (χ0v) is 7.30. The molecule has 3 nitrogen and oxygen atoms in total. The minimum atomic E-state index is -1.83. The molecule has 0 aliphatic heterocycles. The molecule has 12 heavy (non-hydrogen) atoms. The average molecular weight is 175 g/mol. The average Bonchev–Trinajstić information content (AvgIpc) is 2.06. The Bertz CT molecular complexity index is 178. The van der Waals surface area contributed by atoms with Gasteiger partial charge < -0.3 is 15.2 Å². The van der Waals surface area contributed by atoms with Gasteiger partial charge in [0.1, 0.15) is 5.76 Å². The van der Waals surface area contributed by atoms with Gasteiger partial charge in [0.05, 0.1) is 13.7 Å². The normalized spacial score (nSPS) is 16.5. The summed E-state index contributed by atoms with van der Waals surface area (Å²) in [6.45, 7) is 4.06. The van der Waals surface area contributed by atoms with E-state index in [1.54, 1.807) is 0 Å². The van der Waals surface area contributed by atoms with E-state index in [1.807, 2.05) is 0 Å². The van der Waals surface area contributed by atoms with E-state index < -0.39 is 12.4 Å². The largest absolute Gasteiger partial charge is 0.495 e. The highest BCUT2D eigenvalue weighted by atomic mass is 19.1. The molecule has 0 bridgehead atoms. The fraction of sp³-hybridized carbons (Fsp3) is 0.500. The number of ether oxygens (including phenoxy) is 1. The molecule has 0 amide bonds. The number of halogens is 1. The molecule has 70 valence electrons. The Balaban J connectivity index is 4.09. The first kappa shape index (κ1) is 11.0. The lowest BCUT2D eigenvalue weighted by molar-refractivity contribution is 0.0679. The van der Waals surface area contributed by atoms with Crippen LogP contribution in [0.15, 0.2) is 24.6 Å². The number of aliphatic hydroxyl groups excluding tert-OH is 1. The lowest BCUT2D eigenvalue weighted by Gasteiger charge is -2.17. The van der Waals surface area contributed by atoms with Crippen molar-refractivity contribution >= 4 is 0 Å². The number of rotatable bonds is 5. The van der Waals surface area contributed by atoms with Crippen molar-refractivity contribution in [1.82, 2.24) is 5.32 Å². The molecule has 0 fully saturated rings. The van der Waals surface area contributed by atoms with Crippen molar-refractivity contribution in [3.63, 3.8) is 0 Å². The van der Waals surface area contributed by atoms with Gasteiger partial charge in [-0.15, -0.1) is 0 Å². The Labute approximate surface area is 71.5 Å². The van der Waals surface area contributed by atoms with E-state index in [2.05, 4.69) is 11.9 Å². The number of hydrogen-bond donors (Lipinski definition) is 2. The quantitative estimate of drug-likeness (QED) is 0.371. The van der Waals surface area contributed by atoms with E-state index in [4.69, 9.17) is 9.84 Å². The van der Waals surface area contributed by atoms with Crippen LogP contribution < -0.4 is 5.32 Å². The van der Waals surface area contributed by atoms with E-state index in [1.165, 1.54) is 26.3 Å². The summed E-state index contributed by atoms with van der Waals surface area (Å²) in [5, 5.41) is 10.9. The first-order chi connectivity index (χ1) is 5.55. The van der Waals surface area contributed by atoms with Gasteiger partial charge in [-0.3, -0.25) is 0 Å². The predicted octanol–water partition coefficient (Wildman–Crippen LogP) is 0.928. The molecule has 0 radical (unpaired) electrons. The van der Waals surface area contributed by atoms with Crippen LogP contribution in [0.25, 0.3) is 0 Å². The summed E-state index contributed by atoms with van der Waals surface area (Å²) in [5.41, 5.74) is 0. The summed E-state index contributed by atoms with van der Waals surface area (Å²) < 4.78 is 17.7. The van der Waals surface area contributed by atoms with Crippen LogP contribution in [0.1, 0.15) is 6.92 Å². The number of allylic oxidation sites excluding steroid dienone is 1. The van der Waals surface area contributed by atoms with Gasteiger partial charge in [0.2, 0.25) is 5.79 Å². The maximum absolute atomic E-state index is 13.0. The Morgan fingerprint density at radius 2 is 2.42 bits per heavy atom. The van der Waals surface area contributed by atoms with Crippen LogP contribution in [0.4, 0.5) is 4.39 Å². The van der Waals surface area contributed by atoms with Gasteiger partial charge in [0.25, 0.3) is 0 Å². The number of nitrogens with one attached hydrogen (secondary N) is 1. The smallest absolute Gasteiger partial charge is 0.200 e. The fourth-order valence-corrected chi connectivity index (χ4v) is 0.468. The second-order valence-corrected chi connectivity index (χ2v) is 2.45. The lowest BCUT2D eigenvalue weighted by Crippen LogP contribution is -2.37. The lowest BCUT2D eigenvalue weighted by atomic mass is 10.3. The van der Waals surface area contributed by atoms with Gasteiger partial charge in [-0.2, -0.15) is 0 Å². The monoisotopic (exact) mass is 175 g/mol. The number of methoxy groups -OCH3 is 1. The number of aliphatic hydroxyl groups is 1. The molecule has 0 aliphatic rings. The second-order valence-electron chi connectivity index (χ2n) is 2.45. The molecular weight excluding hydrogens is 161 g/mol. The van der Waals surface area contributed by atoms with Crippen molar-refractivity contribution in [2.45, 2.75) is 12.7 Å². The maximum atomic E-state index is 13.0. The van der Waals surface area contributed by atoms with Crippen molar-refractivity contribution in [3.05, 3.63) is 24.6 Å². The van der Waals surface area contributed by atoms with E-state index in [-0.39, 0.29) is 0 Å². The van der Waals surface area contributed by atoms with Crippen LogP contribution in [0, 0.1) is 0 Å². The summed E-state index contributed by atoms with van der Waals surface area (Å²) in [5.74, 6) is -1.42. The van der Waals surface area contributed by atoms with Crippen molar-refractivity contribution in [1.29, 1.82) is 0 Å². The first-order valence-corrected chi connectivity index (χ1v) is 3.50. The van der Waals surface area contributed by atoms with Crippen LogP contribution >= 0.6 is 0 Å². The highest BCUT2D eigenvalue weighted by Gasteiger charge is 2.18. The zero-order valence-electron chi connectivity index (χ0n) is 7.30. The summed E-state index contributed by atoms with van der Waals surface area (Å²) in [6, 6.07) is 0. The van der Waals surface area contributed by atoms with Gasteiger partial charge in [-0.25, -0.2) is 4.39 Å². The summed E-state index contributed by atoms with van der Waals surface area (Å²) >= 11 is 0. The van der Waals surface area contributed by atoms with Crippen LogP contribution in [0.2, 0.25) is 0 Å². The molecule has 1 atom stereocenters. The molecular formula is C8H14FNO2. The van der Waals surface area contributed by atoms with Gasteiger partial charge in [0, 0.05) is 6.20 Å². The summed E-state index contributed by atoms with van der Waals surface area (Å²) in [4.78, 5) is 0. The molecule has 0 saturated carbocycles. The van der Waals surface area contributed by atoms with Gasteiger partial charge in [0.15, 0.2) is 0 Å². The topological polar surface area (TPSA) is 41.5 Å².